The van der Waals surface area contributed by atoms with Gasteiger partial charge in [-0.05, 0) is 49.6 Å². The molecule has 2 heterocycles. The van der Waals surface area contributed by atoms with Crippen LogP contribution in [0.2, 0.25) is 5.02 Å². The van der Waals surface area contributed by atoms with Crippen LogP contribution in [0.5, 0.6) is 0 Å². The van der Waals surface area contributed by atoms with Gasteiger partial charge in [0.25, 0.3) is 0 Å². The van der Waals surface area contributed by atoms with Crippen molar-refractivity contribution < 1.29 is 9.18 Å². The van der Waals surface area contributed by atoms with Gasteiger partial charge in [-0.3, -0.25) is 4.79 Å². The van der Waals surface area contributed by atoms with Crippen molar-refractivity contribution in [2.24, 2.45) is 0 Å². The van der Waals surface area contributed by atoms with Crippen LogP contribution >= 0.6 is 11.6 Å². The molecule has 1 aliphatic heterocycles. The van der Waals surface area contributed by atoms with Crippen molar-refractivity contribution in [2.45, 2.75) is 19.8 Å². The molecule has 2 aromatic carbocycles. The number of hydrogen-bond acceptors (Lipinski definition) is 4. The minimum absolute atomic E-state index is 0.126. The first kappa shape index (κ1) is 18.4. The number of benzene rings is 2. The fourth-order valence-electron chi connectivity index (χ4n) is 3.63. The van der Waals surface area contributed by atoms with Crippen LogP contribution in [0.25, 0.3) is 5.69 Å². The van der Waals surface area contributed by atoms with Crippen LogP contribution in [0, 0.1) is 12.7 Å². The summed E-state index contributed by atoms with van der Waals surface area (Å²) < 4.78 is 15.8. The SMILES string of the molecule is Cc1ccc(F)c2c1N(CC(=O)Nc1cc(Cl)ccc1-n1cncn1)CCC2. The molecule has 0 saturated heterocycles. The maximum absolute atomic E-state index is 14.2. The number of aryl methyl sites for hydroxylation is 1. The number of aromatic nitrogens is 3. The Labute approximate surface area is 166 Å². The van der Waals surface area contributed by atoms with E-state index in [-0.39, 0.29) is 18.3 Å². The molecule has 4 rings (SSSR count). The van der Waals surface area contributed by atoms with Crippen LogP contribution in [-0.2, 0) is 11.2 Å². The van der Waals surface area contributed by atoms with Gasteiger partial charge in [-0.15, -0.1) is 0 Å². The van der Waals surface area contributed by atoms with Gasteiger partial charge in [0.2, 0.25) is 5.91 Å². The molecule has 8 heteroatoms. The molecule has 1 amide bonds. The number of amides is 1. The monoisotopic (exact) mass is 399 g/mol. The van der Waals surface area contributed by atoms with Crippen LogP contribution < -0.4 is 10.2 Å². The van der Waals surface area contributed by atoms with Gasteiger partial charge in [0.05, 0.1) is 17.9 Å². The number of hydrogen-bond donors (Lipinski definition) is 1. The summed E-state index contributed by atoms with van der Waals surface area (Å²) >= 11 is 6.11. The van der Waals surface area contributed by atoms with E-state index < -0.39 is 0 Å². The molecule has 0 atom stereocenters. The number of anilines is 2. The molecule has 28 heavy (non-hydrogen) atoms. The van der Waals surface area contributed by atoms with Crippen molar-refractivity contribution in [1.82, 2.24) is 14.8 Å². The molecular formula is C20H19ClFN5O. The molecule has 0 bridgehead atoms. The topological polar surface area (TPSA) is 63.1 Å². The third kappa shape index (κ3) is 3.57. The second-order valence-corrected chi connectivity index (χ2v) is 7.20. The van der Waals surface area contributed by atoms with Crippen LogP contribution in [-0.4, -0.2) is 33.8 Å². The van der Waals surface area contributed by atoms with E-state index in [2.05, 4.69) is 15.4 Å². The zero-order valence-electron chi connectivity index (χ0n) is 15.3. The summed E-state index contributed by atoms with van der Waals surface area (Å²) in [5.41, 5.74) is 3.68. The highest BCUT2D eigenvalue weighted by Crippen LogP contribution is 2.32. The Morgan fingerprint density at radius 1 is 1.32 bits per heavy atom. The Hall–Kier alpha value is -2.93. The maximum Gasteiger partial charge on any atom is 0.243 e. The van der Waals surface area contributed by atoms with E-state index in [9.17, 15) is 9.18 Å². The lowest BCUT2D eigenvalue weighted by Gasteiger charge is -2.32. The molecule has 0 saturated carbocycles. The highest BCUT2D eigenvalue weighted by Gasteiger charge is 2.24. The summed E-state index contributed by atoms with van der Waals surface area (Å²) in [4.78, 5) is 18.7. The zero-order valence-corrected chi connectivity index (χ0v) is 16.1. The molecule has 0 spiro atoms. The lowest BCUT2D eigenvalue weighted by atomic mass is 9.97. The second kappa shape index (κ2) is 7.59. The quantitative estimate of drug-likeness (QED) is 0.725. The summed E-state index contributed by atoms with van der Waals surface area (Å²) in [7, 11) is 0. The Morgan fingerprint density at radius 2 is 2.18 bits per heavy atom. The zero-order chi connectivity index (χ0) is 19.7. The van der Waals surface area contributed by atoms with E-state index in [1.165, 1.54) is 12.4 Å². The molecule has 0 unspecified atom stereocenters. The minimum Gasteiger partial charge on any atom is -0.362 e. The fraction of sp³-hybridized carbons (Fsp3) is 0.250. The third-order valence-corrected chi connectivity index (χ3v) is 5.07. The van der Waals surface area contributed by atoms with Crippen molar-refractivity contribution >= 4 is 28.9 Å². The average molecular weight is 400 g/mol. The number of nitrogens with zero attached hydrogens (tertiary/aromatic N) is 4. The average Bonchev–Trinajstić information content (AvgIpc) is 3.19. The van der Waals surface area contributed by atoms with Gasteiger partial charge in [-0.1, -0.05) is 17.7 Å². The number of carbonyl (C=O) groups excluding carboxylic acids is 1. The second-order valence-electron chi connectivity index (χ2n) is 6.77. The van der Waals surface area contributed by atoms with Gasteiger partial charge in [-0.25, -0.2) is 14.1 Å². The van der Waals surface area contributed by atoms with Crippen molar-refractivity contribution in [3.8, 4) is 5.69 Å². The molecule has 144 valence electrons. The molecule has 1 N–H and O–H groups in total. The van der Waals surface area contributed by atoms with E-state index in [4.69, 9.17) is 11.6 Å². The van der Waals surface area contributed by atoms with Gasteiger partial charge in [-0.2, -0.15) is 5.10 Å². The van der Waals surface area contributed by atoms with E-state index in [0.717, 1.165) is 17.7 Å². The van der Waals surface area contributed by atoms with Crippen molar-refractivity contribution in [2.75, 3.05) is 23.3 Å². The van der Waals surface area contributed by atoms with Crippen LogP contribution in [0.15, 0.2) is 43.0 Å². The predicted octanol–water partition coefficient (Wildman–Crippen LogP) is 3.76. The number of rotatable bonds is 4. The first-order valence-corrected chi connectivity index (χ1v) is 9.38. The van der Waals surface area contributed by atoms with Crippen LogP contribution in [0.1, 0.15) is 17.5 Å². The number of fused-ring (bicyclic) bond motifs is 1. The minimum atomic E-state index is -0.214. The Kier molecular flexibility index (Phi) is 5.00. The standard InChI is InChI=1S/C20H19ClFN5O/c1-13-4-6-16(22)15-3-2-8-26(20(13)15)10-19(28)25-17-9-14(21)5-7-18(17)27-12-23-11-24-27/h4-7,9,11-12H,2-3,8,10H2,1H3,(H,25,28). The van der Waals surface area contributed by atoms with Crippen molar-refractivity contribution in [3.05, 3.63) is 65.0 Å². The van der Waals surface area contributed by atoms with Gasteiger partial charge in [0.15, 0.2) is 0 Å². The normalized spacial score (nSPS) is 13.3. The number of carbonyl (C=O) groups is 1. The van der Waals surface area contributed by atoms with Crippen molar-refractivity contribution in [3.63, 3.8) is 0 Å². The largest absolute Gasteiger partial charge is 0.362 e. The van der Waals surface area contributed by atoms with Crippen LogP contribution in [0.3, 0.4) is 0 Å². The molecule has 6 nitrogen and oxygen atoms in total. The number of nitrogens with one attached hydrogen (secondary N) is 1. The molecular weight excluding hydrogens is 381 g/mol. The molecule has 0 radical (unpaired) electrons. The Morgan fingerprint density at radius 3 is 2.96 bits per heavy atom. The van der Waals surface area contributed by atoms with Gasteiger partial charge >= 0.3 is 0 Å². The van der Waals surface area contributed by atoms with Crippen molar-refractivity contribution in [1.29, 1.82) is 0 Å². The highest BCUT2D eigenvalue weighted by molar-refractivity contribution is 6.31. The van der Waals surface area contributed by atoms with Gasteiger partial charge in [0, 0.05) is 22.8 Å². The molecule has 0 aliphatic carbocycles. The van der Waals surface area contributed by atoms with E-state index in [1.54, 1.807) is 35.3 Å². The summed E-state index contributed by atoms with van der Waals surface area (Å²) in [6.45, 7) is 2.77. The highest BCUT2D eigenvalue weighted by atomic mass is 35.5. The maximum atomic E-state index is 14.2. The summed E-state index contributed by atoms with van der Waals surface area (Å²) in [5.74, 6) is -0.422. The van der Waals surface area contributed by atoms with E-state index in [0.29, 0.717) is 34.9 Å². The Bertz CT molecular complexity index is 1020. The van der Waals surface area contributed by atoms with Crippen LogP contribution in [0.4, 0.5) is 15.8 Å². The first-order chi connectivity index (χ1) is 13.5. The molecule has 3 aromatic rings. The Balaban J connectivity index is 1.58. The summed E-state index contributed by atoms with van der Waals surface area (Å²) in [5, 5.41) is 7.51. The first-order valence-electron chi connectivity index (χ1n) is 9.00. The fourth-order valence-corrected chi connectivity index (χ4v) is 3.80. The summed E-state index contributed by atoms with van der Waals surface area (Å²) in [6, 6.07) is 8.41. The van der Waals surface area contributed by atoms with E-state index >= 15 is 0 Å². The molecule has 1 aromatic heterocycles. The van der Waals surface area contributed by atoms with E-state index in [1.807, 2.05) is 11.8 Å². The molecule has 0 fully saturated rings. The van der Waals surface area contributed by atoms with Gasteiger partial charge < -0.3 is 10.2 Å². The third-order valence-electron chi connectivity index (χ3n) is 4.83. The smallest absolute Gasteiger partial charge is 0.243 e. The van der Waals surface area contributed by atoms with Gasteiger partial charge in [0.1, 0.15) is 18.5 Å². The molecule has 1 aliphatic rings. The summed E-state index contributed by atoms with van der Waals surface area (Å²) in [6.07, 6.45) is 4.46. The lowest BCUT2D eigenvalue weighted by Crippen LogP contribution is -2.37. The number of halogens is 2. The predicted molar refractivity (Wildman–Crippen MR) is 107 cm³/mol. The lowest BCUT2D eigenvalue weighted by molar-refractivity contribution is -0.115.